The predicted molar refractivity (Wildman–Crippen MR) is 99.4 cm³/mol. The van der Waals surface area contributed by atoms with Gasteiger partial charge in [0.2, 0.25) is 0 Å². The topological polar surface area (TPSA) is 78.0 Å². The molecular weight excluding hydrogens is 344 g/mol. The zero-order valence-electron chi connectivity index (χ0n) is 15.4. The molecule has 0 unspecified atom stereocenters. The molecule has 0 radical (unpaired) electrons. The Bertz CT molecular complexity index is 1020. The lowest BCUT2D eigenvalue weighted by Crippen LogP contribution is -2.44. The first kappa shape index (κ1) is 17.3. The number of fused-ring (bicyclic) bond motifs is 1. The fourth-order valence-corrected chi connectivity index (χ4v) is 3.55. The molecule has 0 spiro atoms. The highest BCUT2D eigenvalue weighted by Gasteiger charge is 2.36. The molecule has 0 fully saturated rings. The number of carbonyl (C=O) groups excluding carboxylic acids is 1. The second-order valence-corrected chi connectivity index (χ2v) is 6.50. The third-order valence-corrected chi connectivity index (χ3v) is 4.95. The summed E-state index contributed by atoms with van der Waals surface area (Å²) in [5, 5.41) is 8.75. The maximum absolute atomic E-state index is 13.2. The molecule has 2 aromatic heterocycles. The van der Waals surface area contributed by atoms with Crippen molar-refractivity contribution in [1.29, 1.82) is 0 Å². The van der Waals surface area contributed by atoms with E-state index in [9.17, 15) is 9.59 Å². The third kappa shape index (κ3) is 2.87. The fourth-order valence-electron chi connectivity index (χ4n) is 3.55. The smallest absolute Gasteiger partial charge is 0.322 e. The number of carbonyl (C=O) groups is 1. The van der Waals surface area contributed by atoms with Gasteiger partial charge in [-0.25, -0.2) is 9.48 Å². The van der Waals surface area contributed by atoms with Crippen LogP contribution < -0.4 is 5.69 Å². The van der Waals surface area contributed by atoms with Crippen molar-refractivity contribution in [3.8, 4) is 0 Å². The molecule has 4 rings (SSSR count). The SMILES string of the molecule is CCn1cc(C(=O)N2CCn3c(nn(CC)c3=O)[C@H]2c2ccccc2)cn1. The number of hydrogen-bond donors (Lipinski definition) is 0. The van der Waals surface area contributed by atoms with Crippen molar-refractivity contribution < 1.29 is 4.79 Å². The lowest BCUT2D eigenvalue weighted by atomic mass is 10.0. The first-order valence-electron chi connectivity index (χ1n) is 9.20. The highest BCUT2D eigenvalue weighted by atomic mass is 16.2. The minimum atomic E-state index is -0.405. The average Bonchev–Trinajstić information content (AvgIpc) is 3.32. The average molecular weight is 366 g/mol. The molecule has 8 heteroatoms. The van der Waals surface area contributed by atoms with E-state index in [1.807, 2.05) is 44.2 Å². The van der Waals surface area contributed by atoms with Gasteiger partial charge in [-0.2, -0.15) is 10.2 Å². The van der Waals surface area contributed by atoms with Crippen molar-refractivity contribution in [2.24, 2.45) is 0 Å². The minimum absolute atomic E-state index is 0.103. The van der Waals surface area contributed by atoms with Crippen LogP contribution in [0.25, 0.3) is 0 Å². The Labute approximate surface area is 156 Å². The Balaban J connectivity index is 1.81. The standard InChI is InChI=1S/C19H22N6O2/c1-3-22-13-15(12-20-22)18(26)23-10-11-24-17(21-25(4-2)19(24)27)16(23)14-8-6-5-7-9-14/h5-9,12-13,16H,3-4,10-11H2,1-2H3/t16-/m1/s1. The Morgan fingerprint density at radius 2 is 1.93 bits per heavy atom. The van der Waals surface area contributed by atoms with Gasteiger partial charge in [0.1, 0.15) is 6.04 Å². The van der Waals surface area contributed by atoms with E-state index in [1.54, 1.807) is 26.5 Å². The van der Waals surface area contributed by atoms with E-state index in [1.165, 1.54) is 4.68 Å². The van der Waals surface area contributed by atoms with Crippen LogP contribution >= 0.6 is 0 Å². The molecule has 0 aliphatic carbocycles. The summed E-state index contributed by atoms with van der Waals surface area (Å²) in [6.45, 7) is 5.95. The van der Waals surface area contributed by atoms with Crippen molar-refractivity contribution in [3.63, 3.8) is 0 Å². The second kappa shape index (κ2) is 6.86. The molecule has 140 valence electrons. The molecule has 8 nitrogen and oxygen atoms in total. The van der Waals surface area contributed by atoms with Crippen LogP contribution in [0.5, 0.6) is 0 Å². The first-order chi connectivity index (χ1) is 13.1. The lowest BCUT2D eigenvalue weighted by molar-refractivity contribution is 0.0657. The Morgan fingerprint density at radius 3 is 2.59 bits per heavy atom. The van der Waals surface area contributed by atoms with Crippen molar-refractivity contribution in [1.82, 2.24) is 29.0 Å². The summed E-state index contributed by atoms with van der Waals surface area (Å²) >= 11 is 0. The summed E-state index contributed by atoms with van der Waals surface area (Å²) in [6.07, 6.45) is 3.36. The summed E-state index contributed by atoms with van der Waals surface area (Å²) < 4.78 is 4.87. The Kier molecular flexibility index (Phi) is 4.39. The van der Waals surface area contributed by atoms with Crippen LogP contribution in [0, 0.1) is 0 Å². The van der Waals surface area contributed by atoms with E-state index >= 15 is 0 Å². The Morgan fingerprint density at radius 1 is 1.15 bits per heavy atom. The van der Waals surface area contributed by atoms with Crippen LogP contribution in [0.15, 0.2) is 47.5 Å². The van der Waals surface area contributed by atoms with Gasteiger partial charge in [0.15, 0.2) is 5.82 Å². The highest BCUT2D eigenvalue weighted by molar-refractivity contribution is 5.94. The monoisotopic (exact) mass is 366 g/mol. The van der Waals surface area contributed by atoms with E-state index in [0.717, 1.165) is 5.56 Å². The van der Waals surface area contributed by atoms with Crippen LogP contribution in [0.4, 0.5) is 0 Å². The summed E-state index contributed by atoms with van der Waals surface area (Å²) in [5.74, 6) is 0.504. The molecule has 0 N–H and O–H groups in total. The van der Waals surface area contributed by atoms with Gasteiger partial charge in [-0.3, -0.25) is 14.0 Å². The van der Waals surface area contributed by atoms with E-state index in [0.29, 0.717) is 37.6 Å². The number of aryl methyl sites for hydroxylation is 2. The molecule has 0 saturated heterocycles. The summed E-state index contributed by atoms with van der Waals surface area (Å²) in [7, 11) is 0. The van der Waals surface area contributed by atoms with Crippen LogP contribution in [0.2, 0.25) is 0 Å². The molecule has 27 heavy (non-hydrogen) atoms. The van der Waals surface area contributed by atoms with E-state index in [2.05, 4.69) is 10.2 Å². The predicted octanol–water partition coefficient (Wildman–Crippen LogP) is 1.53. The molecule has 3 heterocycles. The maximum atomic E-state index is 13.2. The zero-order valence-corrected chi connectivity index (χ0v) is 15.4. The Hall–Kier alpha value is -3.16. The number of rotatable bonds is 4. The van der Waals surface area contributed by atoms with Gasteiger partial charge >= 0.3 is 5.69 Å². The van der Waals surface area contributed by atoms with E-state index in [-0.39, 0.29) is 11.6 Å². The zero-order chi connectivity index (χ0) is 19.0. The van der Waals surface area contributed by atoms with Crippen molar-refractivity contribution in [3.05, 3.63) is 70.2 Å². The van der Waals surface area contributed by atoms with Crippen LogP contribution in [-0.4, -0.2) is 41.5 Å². The molecule has 1 aliphatic rings. The molecule has 1 aliphatic heterocycles. The molecule has 1 atom stereocenters. The summed E-state index contributed by atoms with van der Waals surface area (Å²) in [5.41, 5.74) is 1.35. The summed E-state index contributed by atoms with van der Waals surface area (Å²) in [4.78, 5) is 27.6. The second-order valence-electron chi connectivity index (χ2n) is 6.50. The van der Waals surface area contributed by atoms with Gasteiger partial charge in [-0.15, -0.1) is 0 Å². The number of amides is 1. The molecule has 1 aromatic carbocycles. The summed E-state index contributed by atoms with van der Waals surface area (Å²) in [6, 6.07) is 9.32. The lowest BCUT2D eigenvalue weighted by Gasteiger charge is -2.35. The van der Waals surface area contributed by atoms with Crippen LogP contribution in [0.3, 0.4) is 0 Å². The van der Waals surface area contributed by atoms with E-state index in [4.69, 9.17) is 0 Å². The molecule has 1 amide bonds. The van der Waals surface area contributed by atoms with Crippen molar-refractivity contribution in [2.75, 3.05) is 6.54 Å². The number of benzene rings is 1. The van der Waals surface area contributed by atoms with Crippen molar-refractivity contribution >= 4 is 5.91 Å². The van der Waals surface area contributed by atoms with E-state index < -0.39 is 6.04 Å². The number of hydrogen-bond acceptors (Lipinski definition) is 4. The minimum Gasteiger partial charge on any atom is -0.322 e. The quantitative estimate of drug-likeness (QED) is 0.701. The van der Waals surface area contributed by atoms with Gasteiger partial charge < -0.3 is 4.90 Å². The molecule has 0 bridgehead atoms. The first-order valence-corrected chi connectivity index (χ1v) is 9.20. The van der Waals surface area contributed by atoms with Crippen LogP contribution in [-0.2, 0) is 19.6 Å². The molecular formula is C19H22N6O2. The molecule has 0 saturated carbocycles. The van der Waals surface area contributed by atoms with Gasteiger partial charge in [0.25, 0.3) is 5.91 Å². The van der Waals surface area contributed by atoms with Gasteiger partial charge in [0.05, 0.1) is 11.8 Å². The molecule has 3 aromatic rings. The number of nitrogens with zero attached hydrogens (tertiary/aromatic N) is 6. The fraction of sp³-hybridized carbons (Fsp3) is 0.368. The van der Waals surface area contributed by atoms with Gasteiger partial charge in [-0.1, -0.05) is 30.3 Å². The third-order valence-electron chi connectivity index (χ3n) is 4.95. The normalized spacial score (nSPS) is 16.4. The van der Waals surface area contributed by atoms with Crippen LogP contribution in [0.1, 0.15) is 41.6 Å². The van der Waals surface area contributed by atoms with Gasteiger partial charge in [-0.05, 0) is 19.4 Å². The van der Waals surface area contributed by atoms with Crippen molar-refractivity contribution in [2.45, 2.75) is 39.5 Å². The maximum Gasteiger partial charge on any atom is 0.346 e. The highest BCUT2D eigenvalue weighted by Crippen LogP contribution is 2.31. The number of aromatic nitrogens is 5. The largest absolute Gasteiger partial charge is 0.346 e. The van der Waals surface area contributed by atoms with Gasteiger partial charge in [0, 0.05) is 32.4 Å².